The van der Waals surface area contributed by atoms with Gasteiger partial charge in [-0.15, -0.1) is 0 Å². The molecule has 2 aromatic carbocycles. The molecule has 32 heavy (non-hydrogen) atoms. The summed E-state index contributed by atoms with van der Waals surface area (Å²) in [5.41, 5.74) is 2.00. The van der Waals surface area contributed by atoms with Gasteiger partial charge in [-0.25, -0.2) is 4.98 Å². The molecule has 5 nitrogen and oxygen atoms in total. The number of anilines is 2. The van der Waals surface area contributed by atoms with Crippen molar-refractivity contribution in [1.82, 2.24) is 9.97 Å². The van der Waals surface area contributed by atoms with Gasteiger partial charge in [0.15, 0.2) is 0 Å². The number of aromatic amines is 1. The molecule has 1 saturated heterocycles. The monoisotopic (exact) mass is 442 g/mol. The molecule has 168 valence electrons. The number of halogens is 3. The molecule has 0 saturated carbocycles. The van der Waals surface area contributed by atoms with E-state index in [1.165, 1.54) is 12.1 Å². The highest BCUT2D eigenvalue weighted by Crippen LogP contribution is 2.32. The summed E-state index contributed by atoms with van der Waals surface area (Å²) in [7, 11) is 0. The van der Waals surface area contributed by atoms with Crippen LogP contribution in [0.5, 0.6) is 0 Å². The Labute approximate surface area is 184 Å². The molecule has 4 rings (SSSR count). The topological polar surface area (TPSA) is 52.2 Å². The Bertz CT molecular complexity index is 1120. The van der Waals surface area contributed by atoms with Crippen molar-refractivity contribution in [1.29, 1.82) is 0 Å². The summed E-state index contributed by atoms with van der Waals surface area (Å²) < 4.78 is 39.2. The highest BCUT2D eigenvalue weighted by molar-refractivity contribution is 5.64. The number of nitrogens with zero attached hydrogens (tertiary/aromatic N) is 3. The van der Waals surface area contributed by atoms with E-state index in [1.54, 1.807) is 6.07 Å². The van der Waals surface area contributed by atoms with E-state index in [4.69, 9.17) is 4.98 Å². The Kier molecular flexibility index (Phi) is 6.21. The van der Waals surface area contributed by atoms with E-state index in [0.29, 0.717) is 55.5 Å². The average Bonchev–Trinajstić information content (AvgIpc) is 2.80. The van der Waals surface area contributed by atoms with Gasteiger partial charge in [0.1, 0.15) is 0 Å². The Morgan fingerprint density at radius 1 is 0.969 bits per heavy atom. The zero-order chi connectivity index (χ0) is 22.7. The van der Waals surface area contributed by atoms with E-state index >= 15 is 0 Å². The molecule has 0 radical (unpaired) electrons. The second-order valence-electron chi connectivity index (χ2n) is 7.85. The number of rotatable bonds is 5. The number of hydrogen-bond acceptors (Lipinski definition) is 4. The lowest BCUT2D eigenvalue weighted by molar-refractivity contribution is -0.137. The van der Waals surface area contributed by atoms with Gasteiger partial charge in [0, 0.05) is 43.0 Å². The van der Waals surface area contributed by atoms with Crippen LogP contribution in [0.25, 0.3) is 11.3 Å². The number of nitrogens with one attached hydrogen (secondary N) is 1. The third-order valence-electron chi connectivity index (χ3n) is 5.67. The molecule has 1 aliphatic heterocycles. The predicted octanol–water partition coefficient (Wildman–Crippen LogP) is 4.73. The molecule has 2 heterocycles. The van der Waals surface area contributed by atoms with Crippen molar-refractivity contribution >= 4 is 11.6 Å². The summed E-state index contributed by atoms with van der Waals surface area (Å²) in [6.07, 6.45) is -2.90. The van der Waals surface area contributed by atoms with Crippen molar-refractivity contribution in [3.63, 3.8) is 0 Å². The third kappa shape index (κ3) is 4.64. The molecule has 8 heteroatoms. The standard InChI is InChI=1S/C24H25F3N4O/c1-2-7-20-21(17-8-4-3-5-9-17)28-23(29-22(20)32)31-14-12-30(13-15-31)19-11-6-10-18(16-19)24(25,26)27/h3-6,8-11,16H,2,7,12-15H2,1H3,(H,28,29,32). The Balaban J connectivity index is 1.56. The van der Waals surface area contributed by atoms with Crippen molar-refractivity contribution in [2.45, 2.75) is 25.9 Å². The summed E-state index contributed by atoms with van der Waals surface area (Å²) in [6.45, 7) is 4.17. The van der Waals surface area contributed by atoms with Crippen molar-refractivity contribution in [2.24, 2.45) is 0 Å². The lowest BCUT2D eigenvalue weighted by Crippen LogP contribution is -2.47. The first-order chi connectivity index (χ1) is 15.4. The number of piperazine rings is 1. The van der Waals surface area contributed by atoms with Crippen molar-refractivity contribution in [3.05, 3.63) is 76.1 Å². The van der Waals surface area contributed by atoms with Gasteiger partial charge < -0.3 is 9.80 Å². The number of alkyl halides is 3. The average molecular weight is 442 g/mol. The van der Waals surface area contributed by atoms with Gasteiger partial charge >= 0.3 is 6.18 Å². The molecule has 1 aromatic heterocycles. The molecule has 0 unspecified atom stereocenters. The van der Waals surface area contributed by atoms with Gasteiger partial charge in [0.05, 0.1) is 11.3 Å². The highest BCUT2D eigenvalue weighted by atomic mass is 19.4. The van der Waals surface area contributed by atoms with Gasteiger partial charge in [0.25, 0.3) is 5.56 Å². The van der Waals surface area contributed by atoms with Crippen LogP contribution in [0.2, 0.25) is 0 Å². The van der Waals surface area contributed by atoms with Crippen LogP contribution in [-0.4, -0.2) is 36.1 Å². The van der Waals surface area contributed by atoms with E-state index in [1.807, 2.05) is 47.1 Å². The fourth-order valence-corrected chi connectivity index (χ4v) is 4.01. The first kappa shape index (κ1) is 21.9. The Morgan fingerprint density at radius 3 is 2.31 bits per heavy atom. The third-order valence-corrected chi connectivity index (χ3v) is 5.67. The van der Waals surface area contributed by atoms with E-state index in [0.717, 1.165) is 18.1 Å². The van der Waals surface area contributed by atoms with Crippen LogP contribution in [0.4, 0.5) is 24.8 Å². The van der Waals surface area contributed by atoms with Crippen LogP contribution in [0, 0.1) is 0 Å². The molecule has 1 fully saturated rings. The lowest BCUT2D eigenvalue weighted by Gasteiger charge is -2.36. The van der Waals surface area contributed by atoms with Gasteiger partial charge in [0.2, 0.25) is 5.95 Å². The summed E-state index contributed by atoms with van der Waals surface area (Å²) in [4.78, 5) is 24.5. The minimum atomic E-state index is -4.37. The van der Waals surface area contributed by atoms with Crippen LogP contribution >= 0.6 is 0 Å². The highest BCUT2D eigenvalue weighted by Gasteiger charge is 2.31. The maximum Gasteiger partial charge on any atom is 0.416 e. The van der Waals surface area contributed by atoms with E-state index < -0.39 is 11.7 Å². The number of hydrogen-bond donors (Lipinski definition) is 1. The van der Waals surface area contributed by atoms with E-state index in [-0.39, 0.29) is 5.56 Å². The zero-order valence-corrected chi connectivity index (χ0v) is 17.8. The predicted molar refractivity (Wildman–Crippen MR) is 120 cm³/mol. The zero-order valence-electron chi connectivity index (χ0n) is 17.8. The van der Waals surface area contributed by atoms with Crippen LogP contribution in [0.3, 0.4) is 0 Å². The second kappa shape index (κ2) is 9.06. The second-order valence-corrected chi connectivity index (χ2v) is 7.85. The molecular formula is C24H25F3N4O. The van der Waals surface area contributed by atoms with E-state index in [9.17, 15) is 18.0 Å². The number of H-pyrrole nitrogens is 1. The largest absolute Gasteiger partial charge is 0.416 e. The van der Waals surface area contributed by atoms with Crippen LogP contribution in [0.15, 0.2) is 59.4 Å². The summed E-state index contributed by atoms with van der Waals surface area (Å²) in [6, 6.07) is 15.0. The first-order valence-corrected chi connectivity index (χ1v) is 10.7. The summed E-state index contributed by atoms with van der Waals surface area (Å²) in [5, 5.41) is 0. The number of benzene rings is 2. The van der Waals surface area contributed by atoms with Crippen LogP contribution in [0.1, 0.15) is 24.5 Å². The molecule has 3 aromatic rings. The van der Waals surface area contributed by atoms with Gasteiger partial charge in [-0.1, -0.05) is 49.7 Å². The maximum absolute atomic E-state index is 13.1. The summed E-state index contributed by atoms with van der Waals surface area (Å²) >= 11 is 0. The lowest BCUT2D eigenvalue weighted by atomic mass is 10.0. The normalized spacial score (nSPS) is 14.6. The van der Waals surface area contributed by atoms with Gasteiger partial charge in [-0.3, -0.25) is 9.78 Å². The Hall–Kier alpha value is -3.29. The van der Waals surface area contributed by atoms with Crippen LogP contribution in [-0.2, 0) is 12.6 Å². The van der Waals surface area contributed by atoms with Crippen molar-refractivity contribution in [2.75, 3.05) is 36.0 Å². The van der Waals surface area contributed by atoms with Crippen molar-refractivity contribution in [3.8, 4) is 11.3 Å². The molecule has 0 aliphatic carbocycles. The van der Waals surface area contributed by atoms with Crippen LogP contribution < -0.4 is 15.4 Å². The SMILES string of the molecule is CCCc1c(-c2ccccc2)nc(N2CCN(c3cccc(C(F)(F)F)c3)CC2)[nH]c1=O. The minimum Gasteiger partial charge on any atom is -0.368 e. The fourth-order valence-electron chi connectivity index (χ4n) is 4.01. The molecular weight excluding hydrogens is 417 g/mol. The van der Waals surface area contributed by atoms with Gasteiger partial charge in [-0.2, -0.15) is 13.2 Å². The first-order valence-electron chi connectivity index (χ1n) is 10.7. The molecule has 0 amide bonds. The van der Waals surface area contributed by atoms with Gasteiger partial charge in [-0.05, 0) is 24.6 Å². The smallest absolute Gasteiger partial charge is 0.368 e. The quantitative estimate of drug-likeness (QED) is 0.621. The Morgan fingerprint density at radius 2 is 1.66 bits per heavy atom. The number of aromatic nitrogens is 2. The maximum atomic E-state index is 13.1. The molecule has 1 aliphatic rings. The minimum absolute atomic E-state index is 0.143. The van der Waals surface area contributed by atoms with E-state index in [2.05, 4.69) is 4.98 Å². The summed E-state index contributed by atoms with van der Waals surface area (Å²) in [5.74, 6) is 0.498. The molecule has 1 N–H and O–H groups in total. The molecule has 0 atom stereocenters. The molecule has 0 spiro atoms. The molecule has 0 bridgehead atoms. The fraction of sp³-hybridized carbons (Fsp3) is 0.333. The van der Waals surface area contributed by atoms with Crippen molar-refractivity contribution < 1.29 is 13.2 Å².